The molecule has 0 aromatic heterocycles. The van der Waals surface area contributed by atoms with Crippen LogP contribution in [0.25, 0.3) is 0 Å². The first-order chi connectivity index (χ1) is 6.59. The fraction of sp³-hybridized carbons (Fsp3) is 0.900. The van der Waals surface area contributed by atoms with Crippen molar-refractivity contribution in [2.24, 2.45) is 5.92 Å². The molecule has 1 atom stereocenters. The van der Waals surface area contributed by atoms with Crippen LogP contribution in [0.4, 0.5) is 4.79 Å². The molecule has 1 saturated heterocycles. The van der Waals surface area contributed by atoms with Crippen molar-refractivity contribution in [3.63, 3.8) is 0 Å². The number of hydrogen-bond acceptors (Lipinski definition) is 2. The number of carbonyl (C=O) groups is 1. The van der Waals surface area contributed by atoms with Crippen LogP contribution >= 0.6 is 0 Å². The molecule has 4 nitrogen and oxygen atoms in total. The number of nitrogens with zero attached hydrogens (tertiary/aromatic N) is 2. The van der Waals surface area contributed by atoms with Crippen molar-refractivity contribution in [2.75, 3.05) is 33.7 Å². The molecule has 0 aromatic rings. The number of rotatable bonds is 3. The van der Waals surface area contributed by atoms with Crippen molar-refractivity contribution in [3.8, 4) is 0 Å². The quantitative estimate of drug-likeness (QED) is 0.747. The summed E-state index contributed by atoms with van der Waals surface area (Å²) in [5, 5.41) is 8.68. The molecule has 1 amide bonds. The lowest BCUT2D eigenvalue weighted by Crippen LogP contribution is -2.34. The lowest BCUT2D eigenvalue weighted by Gasteiger charge is -2.30. The van der Waals surface area contributed by atoms with E-state index in [-0.39, 0.29) is 0 Å². The highest BCUT2D eigenvalue weighted by atomic mass is 16.4. The fourth-order valence-corrected chi connectivity index (χ4v) is 1.98. The minimum absolute atomic E-state index is 0.661. The summed E-state index contributed by atoms with van der Waals surface area (Å²) >= 11 is 0. The summed E-state index contributed by atoms with van der Waals surface area (Å²) in [4.78, 5) is 14.2. The van der Waals surface area contributed by atoms with Gasteiger partial charge in [-0.15, -0.1) is 0 Å². The zero-order chi connectivity index (χ0) is 10.6. The highest BCUT2D eigenvalue weighted by Crippen LogP contribution is 2.18. The summed E-state index contributed by atoms with van der Waals surface area (Å²) in [6, 6.07) is 0. The summed E-state index contributed by atoms with van der Waals surface area (Å²) in [5.41, 5.74) is 0. The van der Waals surface area contributed by atoms with Gasteiger partial charge >= 0.3 is 6.09 Å². The molecule has 1 unspecified atom stereocenters. The maximum absolute atomic E-state index is 10.6. The number of likely N-dealkylation sites (tertiary alicyclic amines) is 1. The van der Waals surface area contributed by atoms with Gasteiger partial charge in [-0.25, -0.2) is 4.79 Å². The predicted octanol–water partition coefficient (Wildman–Crippen LogP) is 1.33. The maximum atomic E-state index is 10.6. The van der Waals surface area contributed by atoms with Crippen molar-refractivity contribution in [1.82, 2.24) is 9.80 Å². The van der Waals surface area contributed by atoms with Crippen molar-refractivity contribution < 1.29 is 9.90 Å². The van der Waals surface area contributed by atoms with Gasteiger partial charge in [0.05, 0.1) is 0 Å². The van der Waals surface area contributed by atoms with Crippen molar-refractivity contribution in [1.29, 1.82) is 0 Å². The molecule has 0 aliphatic carbocycles. The zero-order valence-electron chi connectivity index (χ0n) is 9.07. The molecule has 0 saturated carbocycles. The molecule has 1 aliphatic heterocycles. The third-order valence-electron chi connectivity index (χ3n) is 2.92. The van der Waals surface area contributed by atoms with Gasteiger partial charge in [-0.3, -0.25) is 0 Å². The van der Waals surface area contributed by atoms with E-state index in [1.54, 1.807) is 7.05 Å². The monoisotopic (exact) mass is 200 g/mol. The molecule has 0 bridgehead atoms. The van der Waals surface area contributed by atoms with E-state index in [2.05, 4.69) is 11.9 Å². The van der Waals surface area contributed by atoms with E-state index in [4.69, 9.17) is 5.11 Å². The number of carboxylic acid groups (broad SMARTS) is 1. The Morgan fingerprint density at radius 1 is 1.64 bits per heavy atom. The first kappa shape index (κ1) is 11.3. The average molecular weight is 200 g/mol. The molecule has 1 N–H and O–H groups in total. The Morgan fingerprint density at radius 3 is 2.93 bits per heavy atom. The van der Waals surface area contributed by atoms with Crippen molar-refractivity contribution in [2.45, 2.75) is 19.3 Å². The second-order valence-electron chi connectivity index (χ2n) is 4.26. The summed E-state index contributed by atoms with van der Waals surface area (Å²) in [5.74, 6) is 0.676. The number of amides is 1. The van der Waals surface area contributed by atoms with Gasteiger partial charge in [0.15, 0.2) is 0 Å². The van der Waals surface area contributed by atoms with Gasteiger partial charge in [0.25, 0.3) is 0 Å². The van der Waals surface area contributed by atoms with E-state index in [9.17, 15) is 4.79 Å². The van der Waals surface area contributed by atoms with E-state index in [0.29, 0.717) is 12.5 Å². The van der Waals surface area contributed by atoms with E-state index < -0.39 is 6.09 Å². The Morgan fingerprint density at radius 2 is 2.36 bits per heavy atom. The van der Waals surface area contributed by atoms with Gasteiger partial charge in [-0.2, -0.15) is 0 Å². The Bertz CT molecular complexity index is 197. The van der Waals surface area contributed by atoms with Gasteiger partial charge in [-0.1, -0.05) is 0 Å². The minimum Gasteiger partial charge on any atom is -0.465 e. The highest BCUT2D eigenvalue weighted by molar-refractivity contribution is 5.64. The molecule has 14 heavy (non-hydrogen) atoms. The van der Waals surface area contributed by atoms with Crippen LogP contribution in [0.2, 0.25) is 0 Å². The molecule has 1 rings (SSSR count). The van der Waals surface area contributed by atoms with Crippen LogP contribution in [0.1, 0.15) is 19.3 Å². The Labute approximate surface area is 85.5 Å². The van der Waals surface area contributed by atoms with Crippen molar-refractivity contribution in [3.05, 3.63) is 0 Å². The summed E-state index contributed by atoms with van der Waals surface area (Å²) < 4.78 is 0. The standard InChI is InChI=1S/C10H20N2O2/c1-11-6-3-4-9(8-11)5-7-12(2)10(13)14/h9H,3-8H2,1-2H3,(H,13,14). The largest absolute Gasteiger partial charge is 0.465 e. The van der Waals surface area contributed by atoms with Crippen LogP contribution in [-0.4, -0.2) is 54.7 Å². The topological polar surface area (TPSA) is 43.8 Å². The van der Waals surface area contributed by atoms with Crippen LogP contribution in [0, 0.1) is 5.92 Å². The Hall–Kier alpha value is -0.770. The van der Waals surface area contributed by atoms with Gasteiger partial charge < -0.3 is 14.9 Å². The minimum atomic E-state index is -0.825. The summed E-state index contributed by atoms with van der Waals surface area (Å²) in [6.07, 6.45) is 2.66. The first-order valence-corrected chi connectivity index (χ1v) is 5.22. The molecule has 0 radical (unpaired) electrons. The highest BCUT2D eigenvalue weighted by Gasteiger charge is 2.18. The summed E-state index contributed by atoms with van der Waals surface area (Å²) in [7, 11) is 3.77. The zero-order valence-corrected chi connectivity index (χ0v) is 9.07. The van der Waals surface area contributed by atoms with E-state index in [1.165, 1.54) is 24.3 Å². The number of piperidine rings is 1. The third-order valence-corrected chi connectivity index (χ3v) is 2.92. The van der Waals surface area contributed by atoms with Crippen LogP contribution in [0.3, 0.4) is 0 Å². The van der Waals surface area contributed by atoms with Crippen LogP contribution < -0.4 is 0 Å². The molecule has 0 aromatic carbocycles. The van der Waals surface area contributed by atoms with Gasteiger partial charge in [0.2, 0.25) is 0 Å². The average Bonchev–Trinajstić information content (AvgIpc) is 2.14. The van der Waals surface area contributed by atoms with Crippen LogP contribution in [0.5, 0.6) is 0 Å². The molecule has 4 heteroatoms. The molecule has 82 valence electrons. The Kier molecular flexibility index (Phi) is 4.20. The summed E-state index contributed by atoms with van der Waals surface area (Å²) in [6.45, 7) is 2.96. The smallest absolute Gasteiger partial charge is 0.407 e. The van der Waals surface area contributed by atoms with E-state index in [1.807, 2.05) is 0 Å². The van der Waals surface area contributed by atoms with Crippen LogP contribution in [0.15, 0.2) is 0 Å². The molecule has 1 heterocycles. The fourth-order valence-electron chi connectivity index (χ4n) is 1.98. The lowest BCUT2D eigenvalue weighted by atomic mass is 9.95. The van der Waals surface area contributed by atoms with Crippen molar-refractivity contribution >= 4 is 6.09 Å². The molecule has 0 spiro atoms. The molecular weight excluding hydrogens is 180 g/mol. The molecule has 1 aliphatic rings. The van der Waals surface area contributed by atoms with Gasteiger partial charge in [0.1, 0.15) is 0 Å². The van der Waals surface area contributed by atoms with Gasteiger partial charge in [-0.05, 0) is 38.8 Å². The van der Waals surface area contributed by atoms with E-state index >= 15 is 0 Å². The Balaban J connectivity index is 2.20. The van der Waals surface area contributed by atoms with Gasteiger partial charge in [0, 0.05) is 20.1 Å². The van der Waals surface area contributed by atoms with E-state index in [0.717, 1.165) is 13.0 Å². The lowest BCUT2D eigenvalue weighted by molar-refractivity contribution is 0.145. The molecule has 1 fully saturated rings. The number of hydrogen-bond donors (Lipinski definition) is 1. The SMILES string of the molecule is CN1CCCC(CCN(C)C(=O)O)C1. The second-order valence-corrected chi connectivity index (χ2v) is 4.26. The normalized spacial score (nSPS) is 23.4. The second kappa shape index (κ2) is 5.20. The predicted molar refractivity (Wildman–Crippen MR) is 55.5 cm³/mol. The first-order valence-electron chi connectivity index (χ1n) is 5.22. The maximum Gasteiger partial charge on any atom is 0.407 e. The third kappa shape index (κ3) is 3.54. The van der Waals surface area contributed by atoms with Crippen LogP contribution in [-0.2, 0) is 0 Å². The molecular formula is C10H20N2O2.